The van der Waals surface area contributed by atoms with Crippen LogP contribution in [0.4, 0.5) is 5.69 Å². The maximum Gasteiger partial charge on any atom is 0.281 e. The van der Waals surface area contributed by atoms with Crippen molar-refractivity contribution in [3.05, 3.63) is 46.2 Å². The summed E-state index contributed by atoms with van der Waals surface area (Å²) in [5.41, 5.74) is 4.54. The van der Waals surface area contributed by atoms with E-state index in [0.29, 0.717) is 22.0 Å². The number of ether oxygens (including phenoxy) is 1. The second kappa shape index (κ2) is 5.98. The zero-order valence-electron chi connectivity index (χ0n) is 11.8. The Labute approximate surface area is 130 Å². The molecule has 1 aliphatic rings. The summed E-state index contributed by atoms with van der Waals surface area (Å²) in [6.07, 6.45) is 0. The Hall–Kier alpha value is -2.67. The van der Waals surface area contributed by atoms with E-state index in [4.69, 9.17) is 4.74 Å². The van der Waals surface area contributed by atoms with Gasteiger partial charge in [-0.3, -0.25) is 9.59 Å². The summed E-state index contributed by atoms with van der Waals surface area (Å²) < 4.78 is 5.30. The van der Waals surface area contributed by atoms with Crippen molar-refractivity contribution in [2.75, 3.05) is 11.9 Å². The van der Waals surface area contributed by atoms with Crippen LogP contribution in [0.15, 0.2) is 40.8 Å². The summed E-state index contributed by atoms with van der Waals surface area (Å²) in [7, 11) is 0. The highest BCUT2D eigenvalue weighted by molar-refractivity contribution is 7.12. The molecular weight excluding hydrogens is 302 g/mol. The van der Waals surface area contributed by atoms with Gasteiger partial charge in [0.25, 0.3) is 11.8 Å². The average Bonchev–Trinajstić information content (AvgIpc) is 3.06. The second-order valence-corrected chi connectivity index (χ2v) is 5.61. The Kier molecular flexibility index (Phi) is 3.88. The van der Waals surface area contributed by atoms with Crippen LogP contribution < -0.4 is 15.5 Å². The lowest BCUT2D eigenvalue weighted by Crippen LogP contribution is -2.25. The predicted molar refractivity (Wildman–Crippen MR) is 84.6 cm³/mol. The lowest BCUT2D eigenvalue weighted by Gasteiger charge is -2.18. The predicted octanol–water partition coefficient (Wildman–Crippen LogP) is 2.23. The number of hydrogen-bond acceptors (Lipinski definition) is 5. The van der Waals surface area contributed by atoms with Gasteiger partial charge in [-0.25, -0.2) is 5.43 Å². The van der Waals surface area contributed by atoms with E-state index in [1.54, 1.807) is 25.1 Å². The second-order valence-electron chi connectivity index (χ2n) is 4.66. The number of nitrogens with zero attached hydrogens (tertiary/aromatic N) is 1. The molecule has 2 heterocycles. The number of nitrogens with one attached hydrogen (secondary N) is 2. The molecule has 0 spiro atoms. The molecule has 0 bridgehead atoms. The molecule has 0 radical (unpaired) electrons. The van der Waals surface area contributed by atoms with E-state index in [-0.39, 0.29) is 18.4 Å². The summed E-state index contributed by atoms with van der Waals surface area (Å²) in [6, 6.07) is 8.90. The van der Waals surface area contributed by atoms with Gasteiger partial charge < -0.3 is 10.1 Å². The van der Waals surface area contributed by atoms with Crippen molar-refractivity contribution < 1.29 is 14.3 Å². The van der Waals surface area contributed by atoms with Crippen molar-refractivity contribution >= 4 is 34.6 Å². The highest BCUT2D eigenvalue weighted by Crippen LogP contribution is 2.28. The van der Waals surface area contributed by atoms with Crippen LogP contribution in [-0.2, 0) is 4.79 Å². The molecule has 2 aromatic rings. The van der Waals surface area contributed by atoms with Crippen molar-refractivity contribution in [2.24, 2.45) is 5.10 Å². The topological polar surface area (TPSA) is 79.8 Å². The van der Waals surface area contributed by atoms with Crippen LogP contribution >= 0.6 is 11.3 Å². The number of carbonyl (C=O) groups excluding carboxylic acids is 2. The quantitative estimate of drug-likeness (QED) is 0.673. The fraction of sp³-hybridized carbons (Fsp3) is 0.133. The van der Waals surface area contributed by atoms with Crippen molar-refractivity contribution in [1.29, 1.82) is 0 Å². The van der Waals surface area contributed by atoms with Gasteiger partial charge in [0, 0.05) is 0 Å². The number of fused-ring (bicyclic) bond motifs is 1. The van der Waals surface area contributed by atoms with Gasteiger partial charge in [-0.05, 0) is 42.1 Å². The molecular formula is C15H13N3O3S. The number of amides is 2. The largest absolute Gasteiger partial charge is 0.482 e. The van der Waals surface area contributed by atoms with E-state index in [2.05, 4.69) is 15.8 Å². The molecule has 0 aliphatic carbocycles. The molecule has 0 fully saturated rings. The lowest BCUT2D eigenvalue weighted by atomic mass is 10.1. The van der Waals surface area contributed by atoms with Gasteiger partial charge in [0.05, 0.1) is 16.3 Å². The number of anilines is 1. The first-order valence-corrected chi connectivity index (χ1v) is 7.46. The molecule has 2 N–H and O–H groups in total. The van der Waals surface area contributed by atoms with E-state index in [0.717, 1.165) is 5.56 Å². The summed E-state index contributed by atoms with van der Waals surface area (Å²) in [5.74, 6) is 0.188. The fourth-order valence-corrected chi connectivity index (χ4v) is 2.58. The Morgan fingerprint density at radius 1 is 1.41 bits per heavy atom. The van der Waals surface area contributed by atoms with Gasteiger partial charge in [0.2, 0.25) is 0 Å². The molecule has 0 unspecified atom stereocenters. The van der Waals surface area contributed by atoms with Gasteiger partial charge in [0.1, 0.15) is 5.75 Å². The number of rotatable bonds is 3. The third-order valence-corrected chi connectivity index (χ3v) is 3.97. The van der Waals surface area contributed by atoms with E-state index in [1.165, 1.54) is 11.3 Å². The molecule has 1 aliphatic heterocycles. The zero-order chi connectivity index (χ0) is 15.5. The van der Waals surface area contributed by atoms with Crippen LogP contribution in [0.3, 0.4) is 0 Å². The molecule has 1 aromatic carbocycles. The van der Waals surface area contributed by atoms with Crippen molar-refractivity contribution in [3.63, 3.8) is 0 Å². The minimum atomic E-state index is -0.246. The van der Waals surface area contributed by atoms with Crippen LogP contribution in [0.25, 0.3) is 0 Å². The van der Waals surface area contributed by atoms with Crippen LogP contribution in [-0.4, -0.2) is 24.1 Å². The Balaban J connectivity index is 1.76. The number of hydrogen-bond donors (Lipinski definition) is 2. The highest BCUT2D eigenvalue weighted by Gasteiger charge is 2.16. The van der Waals surface area contributed by atoms with Gasteiger partial charge in [-0.2, -0.15) is 5.10 Å². The maximum atomic E-state index is 11.8. The van der Waals surface area contributed by atoms with E-state index < -0.39 is 0 Å². The van der Waals surface area contributed by atoms with Crippen molar-refractivity contribution in [2.45, 2.75) is 6.92 Å². The smallest absolute Gasteiger partial charge is 0.281 e. The van der Waals surface area contributed by atoms with Gasteiger partial charge in [-0.1, -0.05) is 6.07 Å². The molecule has 6 nitrogen and oxygen atoms in total. The van der Waals surface area contributed by atoms with Gasteiger partial charge >= 0.3 is 0 Å². The average molecular weight is 315 g/mol. The Bertz CT molecular complexity index is 753. The van der Waals surface area contributed by atoms with E-state index in [9.17, 15) is 9.59 Å². The van der Waals surface area contributed by atoms with Crippen molar-refractivity contribution in [3.8, 4) is 5.75 Å². The first kappa shape index (κ1) is 14.3. The monoisotopic (exact) mass is 315 g/mol. The van der Waals surface area contributed by atoms with Gasteiger partial charge in [-0.15, -0.1) is 11.3 Å². The number of benzene rings is 1. The summed E-state index contributed by atoms with van der Waals surface area (Å²) in [4.78, 5) is 23.8. The van der Waals surface area contributed by atoms with Crippen LogP contribution in [0.1, 0.15) is 22.2 Å². The third-order valence-electron chi connectivity index (χ3n) is 3.10. The summed E-state index contributed by atoms with van der Waals surface area (Å²) in [5, 5.41) is 8.66. The molecule has 1 aromatic heterocycles. The number of thiophene rings is 1. The molecule has 3 rings (SSSR count). The fourth-order valence-electron chi connectivity index (χ4n) is 1.97. The molecule has 2 amide bonds. The normalized spacial score (nSPS) is 13.9. The Morgan fingerprint density at radius 2 is 2.27 bits per heavy atom. The highest BCUT2D eigenvalue weighted by atomic mass is 32.1. The SMILES string of the molecule is C/C(=N/NC(=O)c1cccs1)c1ccc2c(c1)NC(=O)CO2. The maximum absolute atomic E-state index is 11.8. The molecule has 7 heteroatoms. The number of carbonyl (C=O) groups is 2. The van der Waals surface area contributed by atoms with Crippen LogP contribution in [0.5, 0.6) is 5.75 Å². The molecule has 112 valence electrons. The molecule has 22 heavy (non-hydrogen) atoms. The van der Waals surface area contributed by atoms with Crippen molar-refractivity contribution in [1.82, 2.24) is 5.43 Å². The molecule has 0 atom stereocenters. The standard InChI is InChI=1S/C15H13N3O3S/c1-9(17-18-15(20)13-3-2-6-22-13)10-4-5-12-11(7-10)16-14(19)8-21-12/h2-7H,8H2,1H3,(H,16,19)(H,18,20)/b17-9-. The molecule has 0 saturated carbocycles. The van der Waals surface area contributed by atoms with E-state index in [1.807, 2.05) is 17.5 Å². The minimum Gasteiger partial charge on any atom is -0.482 e. The Morgan fingerprint density at radius 3 is 3.05 bits per heavy atom. The first-order chi connectivity index (χ1) is 10.6. The van der Waals surface area contributed by atoms with E-state index >= 15 is 0 Å². The van der Waals surface area contributed by atoms with Crippen LogP contribution in [0, 0.1) is 0 Å². The minimum absolute atomic E-state index is 0.0241. The van der Waals surface area contributed by atoms with Crippen LogP contribution in [0.2, 0.25) is 0 Å². The summed E-state index contributed by atoms with van der Waals surface area (Å²) in [6.45, 7) is 1.80. The first-order valence-electron chi connectivity index (χ1n) is 6.59. The zero-order valence-corrected chi connectivity index (χ0v) is 12.6. The number of hydrazone groups is 1. The third kappa shape index (κ3) is 2.99. The lowest BCUT2D eigenvalue weighted by molar-refractivity contribution is -0.118. The van der Waals surface area contributed by atoms with Gasteiger partial charge in [0.15, 0.2) is 6.61 Å². The summed E-state index contributed by atoms with van der Waals surface area (Å²) >= 11 is 1.35. The molecule has 0 saturated heterocycles.